The minimum Gasteiger partial charge on any atom is -0.480 e. The summed E-state index contributed by atoms with van der Waals surface area (Å²) in [6.45, 7) is 3.46. The van der Waals surface area contributed by atoms with E-state index < -0.39 is 66.1 Å². The van der Waals surface area contributed by atoms with Crippen molar-refractivity contribution in [3.05, 3.63) is 0 Å². The number of aliphatic carboxylic acids is 1. The molecule has 14 heteroatoms. The zero-order valence-corrected chi connectivity index (χ0v) is 20.5. The van der Waals surface area contributed by atoms with E-state index in [1.807, 2.05) is 0 Å². The molecule has 13 nitrogen and oxygen atoms in total. The van der Waals surface area contributed by atoms with Crippen LogP contribution in [0.2, 0.25) is 0 Å². The fourth-order valence-electron chi connectivity index (χ4n) is 2.83. The first-order valence-electron chi connectivity index (χ1n) is 10.8. The van der Waals surface area contributed by atoms with Gasteiger partial charge in [-0.15, -0.1) is 0 Å². The number of amides is 5. The van der Waals surface area contributed by atoms with Crippen LogP contribution in [0.25, 0.3) is 0 Å². The average molecular weight is 505 g/mol. The molecule has 0 aromatic rings. The van der Waals surface area contributed by atoms with Gasteiger partial charge in [-0.1, -0.05) is 20.3 Å². The maximum absolute atomic E-state index is 12.8. The largest absolute Gasteiger partial charge is 0.480 e. The highest BCUT2D eigenvalue weighted by Gasteiger charge is 2.32. The predicted molar refractivity (Wildman–Crippen MR) is 126 cm³/mol. The van der Waals surface area contributed by atoms with E-state index in [0.29, 0.717) is 12.2 Å². The van der Waals surface area contributed by atoms with Gasteiger partial charge < -0.3 is 38.3 Å². The van der Waals surface area contributed by atoms with Crippen LogP contribution in [0.3, 0.4) is 0 Å². The van der Waals surface area contributed by atoms with Crippen LogP contribution in [0.1, 0.15) is 46.0 Å². The average Bonchev–Trinajstić information content (AvgIpc) is 2.76. The van der Waals surface area contributed by atoms with Gasteiger partial charge in [0.15, 0.2) is 0 Å². The Morgan fingerprint density at radius 2 is 1.44 bits per heavy atom. The molecule has 0 saturated heterocycles. The van der Waals surface area contributed by atoms with E-state index in [9.17, 15) is 33.9 Å². The SMILES string of the molecule is CCC(C)C(NC(=O)C(CCSC)NC(=O)C(CC(N)=O)NC(=O)C(N)CCC(N)=O)C(=O)O. The molecule has 0 rings (SSSR count). The topological polar surface area (TPSA) is 237 Å². The van der Waals surface area contributed by atoms with Gasteiger partial charge in [-0.3, -0.25) is 24.0 Å². The summed E-state index contributed by atoms with van der Waals surface area (Å²) >= 11 is 1.41. The molecule has 0 saturated carbocycles. The number of thioether (sulfide) groups is 1. The number of rotatable bonds is 17. The first kappa shape index (κ1) is 31.1. The minimum atomic E-state index is -1.43. The van der Waals surface area contributed by atoms with E-state index in [2.05, 4.69) is 16.0 Å². The number of carboxylic acids is 1. The Kier molecular flexibility index (Phi) is 14.5. The molecule has 194 valence electrons. The van der Waals surface area contributed by atoms with Gasteiger partial charge in [0.2, 0.25) is 29.5 Å². The Labute approximate surface area is 202 Å². The Hall–Kier alpha value is -2.87. The van der Waals surface area contributed by atoms with Gasteiger partial charge in [-0.05, 0) is 30.8 Å². The molecule has 0 fully saturated rings. The van der Waals surface area contributed by atoms with Crippen molar-refractivity contribution in [2.75, 3.05) is 12.0 Å². The highest BCUT2D eigenvalue weighted by Crippen LogP contribution is 2.10. The highest BCUT2D eigenvalue weighted by molar-refractivity contribution is 7.98. The molecular formula is C20H36N6O7S. The fraction of sp³-hybridized carbons (Fsp3) is 0.700. The summed E-state index contributed by atoms with van der Waals surface area (Å²) < 4.78 is 0. The number of carbonyl (C=O) groups excluding carboxylic acids is 5. The number of carboxylic acid groups (broad SMARTS) is 1. The molecule has 0 spiro atoms. The molecule has 34 heavy (non-hydrogen) atoms. The summed E-state index contributed by atoms with van der Waals surface area (Å²) in [6, 6.07) is -4.88. The van der Waals surface area contributed by atoms with Gasteiger partial charge in [0.25, 0.3) is 0 Å². The second-order valence-corrected chi connectivity index (χ2v) is 8.88. The standard InChI is InChI=1S/C20H36N6O7S/c1-4-10(2)16(20(32)33)26-18(30)12(7-8-34-3)24-19(31)13(9-15(23)28)25-17(29)11(21)5-6-14(22)27/h10-13,16H,4-9,21H2,1-3H3,(H2,22,27)(H2,23,28)(H,24,31)(H,25,29)(H,26,30)(H,32,33). The lowest BCUT2D eigenvalue weighted by atomic mass is 9.98. The lowest BCUT2D eigenvalue weighted by molar-refractivity contribution is -0.144. The van der Waals surface area contributed by atoms with Gasteiger partial charge in [0, 0.05) is 6.42 Å². The zero-order chi connectivity index (χ0) is 26.4. The Balaban J connectivity index is 5.50. The minimum absolute atomic E-state index is 0.0724. The quantitative estimate of drug-likeness (QED) is 0.113. The van der Waals surface area contributed by atoms with Crippen LogP contribution in [0.5, 0.6) is 0 Å². The fourth-order valence-corrected chi connectivity index (χ4v) is 3.30. The van der Waals surface area contributed by atoms with Crippen LogP contribution in [0, 0.1) is 5.92 Å². The lowest BCUT2D eigenvalue weighted by Gasteiger charge is -2.26. The molecule has 0 radical (unpaired) electrons. The molecule has 0 aliphatic carbocycles. The van der Waals surface area contributed by atoms with Gasteiger partial charge in [0.1, 0.15) is 18.1 Å². The maximum Gasteiger partial charge on any atom is 0.326 e. The number of hydrogen-bond acceptors (Lipinski definition) is 8. The number of hydrogen-bond donors (Lipinski definition) is 7. The van der Waals surface area contributed by atoms with Crippen molar-refractivity contribution in [3.63, 3.8) is 0 Å². The normalized spacial score (nSPS) is 15.2. The zero-order valence-electron chi connectivity index (χ0n) is 19.7. The van der Waals surface area contributed by atoms with Crippen molar-refractivity contribution in [1.29, 1.82) is 0 Å². The van der Waals surface area contributed by atoms with Crippen LogP contribution >= 0.6 is 11.8 Å². The van der Waals surface area contributed by atoms with Crippen molar-refractivity contribution in [2.45, 2.75) is 70.1 Å². The third kappa shape index (κ3) is 11.8. The van der Waals surface area contributed by atoms with E-state index in [1.165, 1.54) is 11.8 Å². The molecule has 0 aromatic carbocycles. The van der Waals surface area contributed by atoms with E-state index in [1.54, 1.807) is 20.1 Å². The first-order valence-corrected chi connectivity index (χ1v) is 12.2. The smallest absolute Gasteiger partial charge is 0.326 e. The molecule has 0 aliphatic rings. The number of nitrogens with one attached hydrogen (secondary N) is 3. The summed E-state index contributed by atoms with van der Waals surface area (Å²) in [5.41, 5.74) is 15.9. The van der Waals surface area contributed by atoms with E-state index >= 15 is 0 Å². The molecule has 5 amide bonds. The van der Waals surface area contributed by atoms with Crippen molar-refractivity contribution < 1.29 is 33.9 Å². The summed E-state index contributed by atoms with van der Waals surface area (Å²) in [5.74, 6) is -5.04. The molecule has 5 unspecified atom stereocenters. The van der Waals surface area contributed by atoms with E-state index in [4.69, 9.17) is 17.2 Å². The van der Waals surface area contributed by atoms with Gasteiger partial charge >= 0.3 is 5.97 Å². The van der Waals surface area contributed by atoms with Crippen molar-refractivity contribution in [2.24, 2.45) is 23.1 Å². The second-order valence-electron chi connectivity index (χ2n) is 7.90. The predicted octanol–water partition coefficient (Wildman–Crippen LogP) is -2.21. The maximum atomic E-state index is 12.8. The Bertz CT molecular complexity index is 751. The third-order valence-corrected chi connectivity index (χ3v) is 5.74. The molecule has 0 aliphatic heterocycles. The summed E-state index contributed by atoms with van der Waals surface area (Å²) in [7, 11) is 0. The number of nitrogens with two attached hydrogens (primary N) is 3. The van der Waals surface area contributed by atoms with Crippen LogP contribution in [0.4, 0.5) is 0 Å². The molecule has 0 heterocycles. The molecule has 5 atom stereocenters. The summed E-state index contributed by atoms with van der Waals surface area (Å²) in [6.07, 6.45) is 1.67. The molecule has 0 bridgehead atoms. The van der Waals surface area contributed by atoms with Gasteiger partial charge in [0.05, 0.1) is 12.5 Å². The van der Waals surface area contributed by atoms with Crippen molar-refractivity contribution >= 4 is 47.3 Å². The lowest BCUT2D eigenvalue weighted by Crippen LogP contribution is -2.58. The van der Waals surface area contributed by atoms with Gasteiger partial charge in [-0.2, -0.15) is 11.8 Å². The number of primary amides is 2. The third-order valence-electron chi connectivity index (χ3n) is 5.10. The number of carbonyl (C=O) groups is 6. The van der Waals surface area contributed by atoms with Gasteiger partial charge in [-0.25, -0.2) is 4.79 Å². The van der Waals surface area contributed by atoms with Crippen LogP contribution < -0.4 is 33.2 Å². The molecular weight excluding hydrogens is 468 g/mol. The van der Waals surface area contributed by atoms with Crippen LogP contribution in [-0.2, 0) is 28.8 Å². The van der Waals surface area contributed by atoms with Crippen molar-refractivity contribution in [1.82, 2.24) is 16.0 Å². The van der Waals surface area contributed by atoms with Crippen LogP contribution in [-0.4, -0.2) is 76.8 Å². The van der Waals surface area contributed by atoms with Crippen molar-refractivity contribution in [3.8, 4) is 0 Å². The van der Waals surface area contributed by atoms with E-state index in [-0.39, 0.29) is 25.2 Å². The first-order chi connectivity index (χ1) is 15.8. The van der Waals surface area contributed by atoms with E-state index in [0.717, 1.165) is 0 Å². The highest BCUT2D eigenvalue weighted by atomic mass is 32.2. The monoisotopic (exact) mass is 504 g/mol. The second kappa shape index (κ2) is 15.9. The Morgan fingerprint density at radius 1 is 0.882 bits per heavy atom. The summed E-state index contributed by atoms with van der Waals surface area (Å²) in [4.78, 5) is 71.8. The van der Waals surface area contributed by atoms with Crippen LogP contribution in [0.15, 0.2) is 0 Å². The molecule has 0 aromatic heterocycles. The molecule has 10 N–H and O–H groups in total. The Morgan fingerprint density at radius 3 is 1.91 bits per heavy atom. The summed E-state index contributed by atoms with van der Waals surface area (Å²) in [5, 5.41) is 16.6.